The van der Waals surface area contributed by atoms with Crippen LogP contribution in [0.3, 0.4) is 0 Å². The Kier molecular flexibility index (Phi) is 4.57. The van der Waals surface area contributed by atoms with Gasteiger partial charge in [0.15, 0.2) is 0 Å². The van der Waals surface area contributed by atoms with Crippen LogP contribution in [0.25, 0.3) is 10.6 Å². The smallest absolute Gasteiger partial charge is 0.265 e. The predicted octanol–water partition coefficient (Wildman–Crippen LogP) is 4.52. The number of aromatic nitrogens is 1. The summed E-state index contributed by atoms with van der Waals surface area (Å²) in [6, 6.07) is 10.5. The van der Waals surface area contributed by atoms with Crippen molar-refractivity contribution in [3.05, 3.63) is 40.9 Å². The molecule has 4 heteroatoms. The van der Waals surface area contributed by atoms with E-state index in [2.05, 4.69) is 4.98 Å². The van der Waals surface area contributed by atoms with Gasteiger partial charge in [0.2, 0.25) is 0 Å². The third-order valence-electron chi connectivity index (χ3n) is 4.45. The van der Waals surface area contributed by atoms with Crippen LogP contribution in [0.2, 0.25) is 0 Å². The molecule has 1 aliphatic carbocycles. The van der Waals surface area contributed by atoms with Crippen molar-refractivity contribution in [2.75, 3.05) is 7.05 Å². The van der Waals surface area contributed by atoms with Gasteiger partial charge in [0.05, 0.1) is 5.69 Å². The Labute approximate surface area is 136 Å². The number of aryl methyl sites for hydroxylation is 1. The first-order valence-corrected chi connectivity index (χ1v) is 8.78. The minimum absolute atomic E-state index is 0.129. The van der Waals surface area contributed by atoms with Crippen molar-refractivity contribution in [3.8, 4) is 10.6 Å². The molecule has 1 saturated carbocycles. The molecule has 0 saturated heterocycles. The number of hydrogen-bond donors (Lipinski definition) is 0. The molecule has 1 heterocycles. The van der Waals surface area contributed by atoms with E-state index in [0.29, 0.717) is 6.04 Å². The normalized spacial score (nSPS) is 15.7. The molecule has 116 valence electrons. The highest BCUT2D eigenvalue weighted by molar-refractivity contribution is 7.17. The van der Waals surface area contributed by atoms with E-state index in [1.54, 1.807) is 0 Å². The van der Waals surface area contributed by atoms with E-state index in [9.17, 15) is 4.79 Å². The Hall–Kier alpha value is -1.68. The lowest BCUT2D eigenvalue weighted by molar-refractivity contribution is 0.0700. The van der Waals surface area contributed by atoms with Crippen LogP contribution in [-0.4, -0.2) is 28.9 Å². The van der Waals surface area contributed by atoms with Crippen molar-refractivity contribution in [2.45, 2.75) is 45.1 Å². The highest BCUT2D eigenvalue weighted by Gasteiger charge is 2.26. The van der Waals surface area contributed by atoms with Crippen LogP contribution in [0.4, 0.5) is 0 Å². The van der Waals surface area contributed by atoms with Gasteiger partial charge in [-0.2, -0.15) is 0 Å². The fraction of sp³-hybridized carbons (Fsp3) is 0.444. The van der Waals surface area contributed by atoms with E-state index in [1.165, 1.54) is 30.6 Å². The van der Waals surface area contributed by atoms with Crippen molar-refractivity contribution in [1.82, 2.24) is 9.88 Å². The zero-order chi connectivity index (χ0) is 15.5. The van der Waals surface area contributed by atoms with Crippen LogP contribution in [0.1, 0.15) is 47.5 Å². The zero-order valence-electron chi connectivity index (χ0n) is 13.2. The maximum absolute atomic E-state index is 12.8. The maximum Gasteiger partial charge on any atom is 0.265 e. The molecule has 0 N–H and O–H groups in total. The molecule has 3 rings (SSSR count). The summed E-state index contributed by atoms with van der Waals surface area (Å²) in [5.41, 5.74) is 1.92. The van der Waals surface area contributed by atoms with Gasteiger partial charge in [-0.15, -0.1) is 11.3 Å². The van der Waals surface area contributed by atoms with E-state index in [0.717, 1.165) is 34.0 Å². The molecule has 1 aromatic heterocycles. The van der Waals surface area contributed by atoms with Gasteiger partial charge in [-0.3, -0.25) is 4.79 Å². The van der Waals surface area contributed by atoms with Gasteiger partial charge in [-0.25, -0.2) is 4.98 Å². The lowest BCUT2D eigenvalue weighted by atomic mass is 9.94. The summed E-state index contributed by atoms with van der Waals surface area (Å²) in [4.78, 5) is 20.1. The molecule has 0 aliphatic heterocycles. The molecule has 22 heavy (non-hydrogen) atoms. The molecular formula is C18H22N2OS. The van der Waals surface area contributed by atoms with Crippen LogP contribution in [0.15, 0.2) is 30.3 Å². The monoisotopic (exact) mass is 314 g/mol. The number of nitrogens with zero attached hydrogens (tertiary/aromatic N) is 2. The van der Waals surface area contributed by atoms with E-state index in [4.69, 9.17) is 0 Å². The Morgan fingerprint density at radius 3 is 2.55 bits per heavy atom. The van der Waals surface area contributed by atoms with Gasteiger partial charge in [0.25, 0.3) is 5.91 Å². The number of carbonyl (C=O) groups is 1. The molecule has 0 spiro atoms. The summed E-state index contributed by atoms with van der Waals surface area (Å²) in [5.74, 6) is 0.129. The fourth-order valence-electron chi connectivity index (χ4n) is 3.09. The van der Waals surface area contributed by atoms with Crippen molar-refractivity contribution in [3.63, 3.8) is 0 Å². The van der Waals surface area contributed by atoms with Gasteiger partial charge < -0.3 is 4.90 Å². The first kappa shape index (κ1) is 15.2. The highest BCUT2D eigenvalue weighted by Crippen LogP contribution is 2.30. The molecule has 2 aromatic rings. The summed E-state index contributed by atoms with van der Waals surface area (Å²) in [6.07, 6.45) is 6.03. The number of amides is 1. The molecular weight excluding hydrogens is 292 g/mol. The van der Waals surface area contributed by atoms with Gasteiger partial charge in [0.1, 0.15) is 9.88 Å². The quantitative estimate of drug-likeness (QED) is 0.834. The molecule has 0 bridgehead atoms. The largest absolute Gasteiger partial charge is 0.338 e. The van der Waals surface area contributed by atoms with Crippen LogP contribution in [-0.2, 0) is 0 Å². The topological polar surface area (TPSA) is 33.2 Å². The van der Waals surface area contributed by atoms with E-state index in [-0.39, 0.29) is 5.91 Å². The van der Waals surface area contributed by atoms with Crippen LogP contribution in [0, 0.1) is 6.92 Å². The van der Waals surface area contributed by atoms with Crippen LogP contribution < -0.4 is 0 Å². The molecule has 0 atom stereocenters. The van der Waals surface area contributed by atoms with Crippen molar-refractivity contribution >= 4 is 17.2 Å². The van der Waals surface area contributed by atoms with Crippen molar-refractivity contribution < 1.29 is 4.79 Å². The maximum atomic E-state index is 12.8. The minimum Gasteiger partial charge on any atom is -0.338 e. The average molecular weight is 314 g/mol. The fourth-order valence-corrected chi connectivity index (χ4v) is 4.15. The van der Waals surface area contributed by atoms with E-state index in [1.807, 2.05) is 49.2 Å². The molecule has 3 nitrogen and oxygen atoms in total. The number of hydrogen-bond acceptors (Lipinski definition) is 3. The van der Waals surface area contributed by atoms with Crippen molar-refractivity contribution in [2.24, 2.45) is 0 Å². The Balaban J connectivity index is 1.82. The number of thiazole rings is 1. The first-order chi connectivity index (χ1) is 10.7. The summed E-state index contributed by atoms with van der Waals surface area (Å²) in [5, 5.41) is 0.929. The van der Waals surface area contributed by atoms with Gasteiger partial charge in [0, 0.05) is 18.7 Å². The van der Waals surface area contributed by atoms with E-state index < -0.39 is 0 Å². The minimum atomic E-state index is 0.129. The molecule has 1 amide bonds. The predicted molar refractivity (Wildman–Crippen MR) is 91.3 cm³/mol. The van der Waals surface area contributed by atoms with Gasteiger partial charge in [-0.05, 0) is 19.8 Å². The number of carbonyl (C=O) groups excluding carboxylic acids is 1. The SMILES string of the molecule is Cc1nc(-c2ccccc2)sc1C(=O)N(C)C1CCCCC1. The Bertz CT molecular complexity index is 644. The average Bonchev–Trinajstić information content (AvgIpc) is 2.97. The molecule has 0 unspecified atom stereocenters. The summed E-state index contributed by atoms with van der Waals surface area (Å²) in [7, 11) is 1.94. The zero-order valence-corrected chi connectivity index (χ0v) is 14.0. The number of rotatable bonds is 3. The first-order valence-electron chi connectivity index (χ1n) is 7.97. The lowest BCUT2D eigenvalue weighted by Gasteiger charge is -2.31. The summed E-state index contributed by atoms with van der Waals surface area (Å²) >= 11 is 1.51. The highest BCUT2D eigenvalue weighted by atomic mass is 32.1. The second-order valence-electron chi connectivity index (χ2n) is 6.01. The second-order valence-corrected chi connectivity index (χ2v) is 7.01. The third kappa shape index (κ3) is 3.07. The molecule has 1 aromatic carbocycles. The van der Waals surface area contributed by atoms with Gasteiger partial charge in [-0.1, -0.05) is 49.6 Å². The standard InChI is InChI=1S/C18H22N2OS/c1-13-16(18(21)20(2)15-11-7-4-8-12-15)22-17(19-13)14-9-5-3-6-10-14/h3,5-6,9-10,15H,4,7-8,11-12H2,1-2H3. The number of benzene rings is 1. The van der Waals surface area contributed by atoms with Crippen molar-refractivity contribution in [1.29, 1.82) is 0 Å². The Morgan fingerprint density at radius 2 is 1.86 bits per heavy atom. The third-order valence-corrected chi connectivity index (χ3v) is 5.65. The Morgan fingerprint density at radius 1 is 1.18 bits per heavy atom. The molecule has 1 aliphatic rings. The summed E-state index contributed by atoms with van der Waals surface area (Å²) < 4.78 is 0. The lowest BCUT2D eigenvalue weighted by Crippen LogP contribution is -2.38. The second kappa shape index (κ2) is 6.61. The summed E-state index contributed by atoms with van der Waals surface area (Å²) in [6.45, 7) is 1.94. The van der Waals surface area contributed by atoms with Gasteiger partial charge >= 0.3 is 0 Å². The van der Waals surface area contributed by atoms with Crippen LogP contribution >= 0.6 is 11.3 Å². The molecule has 0 radical (unpaired) electrons. The molecule has 1 fully saturated rings. The van der Waals surface area contributed by atoms with Crippen LogP contribution in [0.5, 0.6) is 0 Å². The van der Waals surface area contributed by atoms with E-state index >= 15 is 0 Å².